The average molecular weight is 213 g/mol. The molecule has 0 amide bonds. The van der Waals surface area contributed by atoms with Crippen LogP contribution in [0.15, 0.2) is 18.2 Å². The molecule has 1 aliphatic heterocycles. The minimum atomic E-state index is -0.824. The molecule has 0 aliphatic carbocycles. The second-order valence-electron chi connectivity index (χ2n) is 3.77. The lowest BCUT2D eigenvalue weighted by Crippen LogP contribution is -2.41. The highest BCUT2D eigenvalue weighted by atomic mass is 19.2. The molecule has 1 saturated heterocycles. The Hall–Kier alpha value is -1.00. The first-order valence-electron chi connectivity index (χ1n) is 4.97. The van der Waals surface area contributed by atoms with Gasteiger partial charge in [0.05, 0.1) is 12.7 Å². The summed E-state index contributed by atoms with van der Waals surface area (Å²) in [5.74, 6) is -1.63. The zero-order valence-electron chi connectivity index (χ0n) is 8.47. The van der Waals surface area contributed by atoms with Crippen molar-refractivity contribution in [1.29, 1.82) is 0 Å². The molecule has 4 heteroatoms. The molecule has 1 aromatic rings. The molecule has 0 saturated carbocycles. The molecule has 0 bridgehead atoms. The van der Waals surface area contributed by atoms with E-state index in [4.69, 9.17) is 4.74 Å². The lowest BCUT2D eigenvalue weighted by atomic mass is 10.1. The topological polar surface area (TPSA) is 21.3 Å². The van der Waals surface area contributed by atoms with E-state index in [0.29, 0.717) is 13.2 Å². The van der Waals surface area contributed by atoms with Crippen LogP contribution in [0.2, 0.25) is 0 Å². The third-order valence-electron chi connectivity index (χ3n) is 2.53. The molecule has 0 aromatic heterocycles. The van der Waals surface area contributed by atoms with E-state index in [0.717, 1.165) is 6.07 Å². The van der Waals surface area contributed by atoms with Crippen LogP contribution in [0.1, 0.15) is 18.6 Å². The first-order chi connectivity index (χ1) is 7.18. The Morgan fingerprint density at radius 1 is 1.40 bits per heavy atom. The van der Waals surface area contributed by atoms with Crippen LogP contribution in [-0.4, -0.2) is 19.2 Å². The van der Waals surface area contributed by atoms with Crippen molar-refractivity contribution in [2.45, 2.75) is 19.1 Å². The van der Waals surface area contributed by atoms with Crippen molar-refractivity contribution in [3.05, 3.63) is 35.4 Å². The van der Waals surface area contributed by atoms with E-state index in [1.54, 1.807) is 6.07 Å². The summed E-state index contributed by atoms with van der Waals surface area (Å²) < 4.78 is 31.8. The Kier molecular flexibility index (Phi) is 2.98. The monoisotopic (exact) mass is 213 g/mol. The summed E-state index contributed by atoms with van der Waals surface area (Å²) in [4.78, 5) is 0. The Balaban J connectivity index is 2.19. The molecule has 0 spiro atoms. The Morgan fingerprint density at radius 2 is 2.20 bits per heavy atom. The number of rotatable bonds is 1. The maximum absolute atomic E-state index is 13.4. The predicted octanol–water partition coefficient (Wildman–Crippen LogP) is 2.01. The normalized spacial score (nSPS) is 26.6. The van der Waals surface area contributed by atoms with Crippen molar-refractivity contribution >= 4 is 0 Å². The second kappa shape index (κ2) is 4.24. The first-order valence-corrected chi connectivity index (χ1v) is 4.97. The Morgan fingerprint density at radius 3 is 2.87 bits per heavy atom. The maximum Gasteiger partial charge on any atom is 0.164 e. The summed E-state index contributed by atoms with van der Waals surface area (Å²) in [6, 6.07) is 4.42. The average Bonchev–Trinajstić information content (AvgIpc) is 2.24. The quantitative estimate of drug-likeness (QED) is 0.770. The smallest absolute Gasteiger partial charge is 0.164 e. The van der Waals surface area contributed by atoms with E-state index in [1.807, 2.05) is 6.92 Å². The van der Waals surface area contributed by atoms with Gasteiger partial charge in [-0.15, -0.1) is 0 Å². The van der Waals surface area contributed by atoms with Crippen molar-refractivity contribution in [3.63, 3.8) is 0 Å². The number of nitrogens with one attached hydrogen (secondary N) is 1. The fourth-order valence-electron chi connectivity index (χ4n) is 1.66. The van der Waals surface area contributed by atoms with Gasteiger partial charge >= 0.3 is 0 Å². The van der Waals surface area contributed by atoms with Gasteiger partial charge in [0.1, 0.15) is 0 Å². The van der Waals surface area contributed by atoms with Crippen LogP contribution in [0.4, 0.5) is 8.78 Å². The Labute approximate surface area is 87.2 Å². The van der Waals surface area contributed by atoms with Crippen molar-refractivity contribution in [2.75, 3.05) is 13.2 Å². The third-order valence-corrected chi connectivity index (χ3v) is 2.53. The van der Waals surface area contributed by atoms with E-state index < -0.39 is 17.7 Å². The van der Waals surface area contributed by atoms with Crippen LogP contribution < -0.4 is 5.32 Å². The van der Waals surface area contributed by atoms with Gasteiger partial charge in [0.2, 0.25) is 0 Å². The fraction of sp³-hybridized carbons (Fsp3) is 0.455. The molecule has 1 heterocycles. The fourth-order valence-corrected chi connectivity index (χ4v) is 1.66. The highest BCUT2D eigenvalue weighted by molar-refractivity contribution is 5.22. The summed E-state index contributed by atoms with van der Waals surface area (Å²) in [6.07, 6.45) is -0.392. The minimum absolute atomic E-state index is 0.262. The van der Waals surface area contributed by atoms with Gasteiger partial charge in [-0.2, -0.15) is 0 Å². The van der Waals surface area contributed by atoms with Crippen LogP contribution in [-0.2, 0) is 4.74 Å². The van der Waals surface area contributed by atoms with Gasteiger partial charge in [0, 0.05) is 18.2 Å². The second-order valence-corrected chi connectivity index (χ2v) is 3.77. The lowest BCUT2D eigenvalue weighted by Gasteiger charge is -2.28. The molecule has 1 fully saturated rings. The van der Waals surface area contributed by atoms with Crippen LogP contribution in [0, 0.1) is 11.6 Å². The van der Waals surface area contributed by atoms with Crippen molar-refractivity contribution in [1.82, 2.24) is 5.32 Å². The van der Waals surface area contributed by atoms with E-state index in [2.05, 4.69) is 5.32 Å². The molecular formula is C11H13F2NO. The zero-order chi connectivity index (χ0) is 10.8. The highest BCUT2D eigenvalue weighted by Gasteiger charge is 2.23. The van der Waals surface area contributed by atoms with Crippen LogP contribution >= 0.6 is 0 Å². The number of morpholine rings is 1. The van der Waals surface area contributed by atoms with E-state index in [1.165, 1.54) is 6.07 Å². The largest absolute Gasteiger partial charge is 0.370 e. The van der Waals surface area contributed by atoms with E-state index in [-0.39, 0.29) is 11.6 Å². The van der Waals surface area contributed by atoms with Gasteiger partial charge in [-0.1, -0.05) is 12.1 Å². The summed E-state index contributed by atoms with van der Waals surface area (Å²) in [7, 11) is 0. The van der Waals surface area contributed by atoms with Crippen molar-refractivity contribution in [3.8, 4) is 0 Å². The summed E-state index contributed by atoms with van der Waals surface area (Å²) in [5.41, 5.74) is 0.286. The molecule has 0 radical (unpaired) electrons. The highest BCUT2D eigenvalue weighted by Crippen LogP contribution is 2.24. The zero-order valence-corrected chi connectivity index (χ0v) is 8.47. The number of halogens is 2. The molecule has 2 rings (SSSR count). The number of benzene rings is 1. The van der Waals surface area contributed by atoms with Gasteiger partial charge in [-0.25, -0.2) is 8.78 Å². The number of hydrogen-bond donors (Lipinski definition) is 1. The Bertz CT molecular complexity index is 348. The molecule has 1 aliphatic rings. The standard InChI is InChI=1S/C11H13F2NO/c1-7-6-15-10(5-14-7)8-3-2-4-9(12)11(8)13/h2-4,7,10,14H,5-6H2,1H3. The third kappa shape index (κ3) is 2.16. The molecule has 82 valence electrons. The van der Waals surface area contributed by atoms with E-state index in [9.17, 15) is 8.78 Å². The SMILES string of the molecule is CC1COC(c2cccc(F)c2F)CN1. The number of hydrogen-bond acceptors (Lipinski definition) is 2. The van der Waals surface area contributed by atoms with Gasteiger partial charge in [-0.05, 0) is 13.0 Å². The van der Waals surface area contributed by atoms with Gasteiger partial charge in [0.15, 0.2) is 11.6 Å². The number of ether oxygens (including phenoxy) is 1. The minimum Gasteiger partial charge on any atom is -0.370 e. The molecule has 2 atom stereocenters. The molecule has 1 N–H and O–H groups in total. The van der Waals surface area contributed by atoms with Crippen molar-refractivity contribution in [2.24, 2.45) is 0 Å². The maximum atomic E-state index is 13.4. The van der Waals surface area contributed by atoms with Crippen LogP contribution in [0.5, 0.6) is 0 Å². The van der Waals surface area contributed by atoms with Gasteiger partial charge in [0.25, 0.3) is 0 Å². The van der Waals surface area contributed by atoms with Gasteiger partial charge < -0.3 is 10.1 Å². The van der Waals surface area contributed by atoms with Crippen molar-refractivity contribution < 1.29 is 13.5 Å². The van der Waals surface area contributed by atoms with Crippen LogP contribution in [0.3, 0.4) is 0 Å². The lowest BCUT2D eigenvalue weighted by molar-refractivity contribution is 0.00469. The van der Waals surface area contributed by atoms with E-state index >= 15 is 0 Å². The summed E-state index contributed by atoms with van der Waals surface area (Å²) in [6.45, 7) is 3.01. The summed E-state index contributed by atoms with van der Waals surface area (Å²) in [5, 5.41) is 3.16. The molecule has 2 unspecified atom stereocenters. The van der Waals surface area contributed by atoms with Gasteiger partial charge in [-0.3, -0.25) is 0 Å². The summed E-state index contributed by atoms with van der Waals surface area (Å²) >= 11 is 0. The molecular weight excluding hydrogens is 200 g/mol. The van der Waals surface area contributed by atoms with Crippen LogP contribution in [0.25, 0.3) is 0 Å². The molecule has 2 nitrogen and oxygen atoms in total. The predicted molar refractivity (Wildman–Crippen MR) is 52.5 cm³/mol. The first kappa shape index (κ1) is 10.5. The molecule has 15 heavy (non-hydrogen) atoms. The molecule has 1 aromatic carbocycles.